The number of fused-ring (bicyclic) bond motifs is 1. The Morgan fingerprint density at radius 3 is 2.59 bits per heavy atom. The molecule has 0 radical (unpaired) electrons. The number of ether oxygens (including phenoxy) is 1. The number of nitrogens with one attached hydrogen (secondary N) is 1. The Morgan fingerprint density at radius 2 is 1.96 bits per heavy atom. The number of aryl methyl sites for hydroxylation is 2. The van der Waals surface area contributed by atoms with Crippen LogP contribution in [0.15, 0.2) is 45.7 Å². The van der Waals surface area contributed by atoms with Crippen molar-refractivity contribution in [1.82, 2.24) is 14.7 Å². The first-order valence-corrected chi connectivity index (χ1v) is 8.56. The molecule has 0 atom stereocenters. The molecule has 0 amide bonds. The highest BCUT2D eigenvalue weighted by atomic mass is 16.5. The number of rotatable bonds is 4. The third-order valence-electron chi connectivity index (χ3n) is 4.74. The molecular formula is C20H20N4O3. The molecule has 3 N–H and O–H groups in total. The van der Waals surface area contributed by atoms with Crippen molar-refractivity contribution in [3.63, 3.8) is 0 Å². The van der Waals surface area contributed by atoms with Crippen LogP contribution in [0.4, 0.5) is 5.69 Å². The first kappa shape index (κ1) is 17.0. The van der Waals surface area contributed by atoms with Gasteiger partial charge in [-0.3, -0.25) is 4.57 Å². The Morgan fingerprint density at radius 1 is 1.22 bits per heavy atom. The lowest BCUT2D eigenvalue weighted by Crippen LogP contribution is -2.17. The van der Waals surface area contributed by atoms with Crippen LogP contribution < -0.4 is 16.2 Å². The molecule has 0 aliphatic heterocycles. The van der Waals surface area contributed by atoms with Crippen LogP contribution in [-0.4, -0.2) is 21.8 Å². The molecule has 2 aromatic heterocycles. The van der Waals surface area contributed by atoms with Crippen molar-refractivity contribution in [1.29, 1.82) is 0 Å². The maximum Gasteiger partial charge on any atom is 0.326 e. The zero-order valence-electron chi connectivity index (χ0n) is 15.4. The topological polar surface area (TPSA) is 99.1 Å². The van der Waals surface area contributed by atoms with Gasteiger partial charge in [-0.1, -0.05) is 17.3 Å². The standard InChI is InChI=1S/C20H20N4O3/c1-11-18(12(2)27-23-11)14-8-16(21)19-17(9-14)24(20(25)22-19)10-13-4-6-15(26-3)7-5-13/h4-9H,10,21H2,1-3H3,(H,22,25). The third-order valence-corrected chi connectivity index (χ3v) is 4.74. The fraction of sp³-hybridized carbons (Fsp3) is 0.200. The molecule has 2 heterocycles. The second kappa shape index (κ2) is 6.35. The smallest absolute Gasteiger partial charge is 0.326 e. The lowest BCUT2D eigenvalue weighted by atomic mass is 10.0. The van der Waals surface area contributed by atoms with Crippen LogP contribution >= 0.6 is 0 Å². The Kier molecular flexibility index (Phi) is 3.99. The van der Waals surface area contributed by atoms with Gasteiger partial charge in [-0.05, 0) is 49.2 Å². The number of nitrogens with zero attached hydrogens (tertiary/aromatic N) is 2. The summed E-state index contributed by atoms with van der Waals surface area (Å²) in [6.45, 7) is 4.17. The predicted molar refractivity (Wildman–Crippen MR) is 104 cm³/mol. The number of hydrogen-bond acceptors (Lipinski definition) is 5. The fourth-order valence-electron chi connectivity index (χ4n) is 3.39. The molecule has 0 saturated carbocycles. The van der Waals surface area contributed by atoms with Crippen molar-refractivity contribution in [2.24, 2.45) is 0 Å². The summed E-state index contributed by atoms with van der Waals surface area (Å²) in [5.41, 5.74) is 11.4. The minimum Gasteiger partial charge on any atom is -0.497 e. The number of hydrogen-bond donors (Lipinski definition) is 2. The fourth-order valence-corrected chi connectivity index (χ4v) is 3.39. The molecule has 138 valence electrons. The van der Waals surface area contributed by atoms with Crippen molar-refractivity contribution in [3.8, 4) is 16.9 Å². The van der Waals surface area contributed by atoms with Gasteiger partial charge in [0.2, 0.25) is 0 Å². The van der Waals surface area contributed by atoms with Crippen molar-refractivity contribution in [2.45, 2.75) is 20.4 Å². The molecule has 4 rings (SSSR count). The van der Waals surface area contributed by atoms with Gasteiger partial charge >= 0.3 is 5.69 Å². The van der Waals surface area contributed by atoms with Gasteiger partial charge in [0.1, 0.15) is 11.5 Å². The summed E-state index contributed by atoms with van der Waals surface area (Å²) < 4.78 is 12.1. The van der Waals surface area contributed by atoms with Crippen molar-refractivity contribution in [2.75, 3.05) is 12.8 Å². The second-order valence-electron chi connectivity index (χ2n) is 6.52. The highest BCUT2D eigenvalue weighted by Crippen LogP contribution is 2.32. The Balaban J connectivity index is 1.85. The van der Waals surface area contributed by atoms with Gasteiger partial charge in [-0.15, -0.1) is 0 Å². The molecule has 4 aromatic rings. The molecule has 2 aromatic carbocycles. The van der Waals surface area contributed by atoms with Crippen LogP contribution in [0.25, 0.3) is 22.2 Å². The van der Waals surface area contributed by atoms with E-state index in [-0.39, 0.29) is 5.69 Å². The van der Waals surface area contributed by atoms with Crippen LogP contribution in [0.5, 0.6) is 5.75 Å². The number of anilines is 1. The summed E-state index contributed by atoms with van der Waals surface area (Å²) in [5, 5.41) is 4.01. The van der Waals surface area contributed by atoms with Crippen LogP contribution in [0.3, 0.4) is 0 Å². The van der Waals surface area contributed by atoms with E-state index in [1.807, 2.05) is 50.2 Å². The van der Waals surface area contributed by atoms with E-state index in [1.54, 1.807) is 11.7 Å². The lowest BCUT2D eigenvalue weighted by Gasteiger charge is -2.08. The summed E-state index contributed by atoms with van der Waals surface area (Å²) in [4.78, 5) is 15.4. The average Bonchev–Trinajstić information content (AvgIpc) is 3.15. The highest BCUT2D eigenvalue weighted by molar-refractivity contribution is 5.92. The van der Waals surface area contributed by atoms with Gasteiger partial charge in [0, 0.05) is 5.56 Å². The van der Waals surface area contributed by atoms with Crippen LogP contribution in [0, 0.1) is 13.8 Å². The van der Waals surface area contributed by atoms with Crippen molar-refractivity contribution in [3.05, 3.63) is 63.9 Å². The van der Waals surface area contributed by atoms with E-state index in [0.29, 0.717) is 23.5 Å². The molecule has 27 heavy (non-hydrogen) atoms. The highest BCUT2D eigenvalue weighted by Gasteiger charge is 2.16. The van der Waals surface area contributed by atoms with Gasteiger partial charge < -0.3 is 20.0 Å². The molecule has 7 nitrogen and oxygen atoms in total. The number of imidazole rings is 1. The van der Waals surface area contributed by atoms with Crippen LogP contribution in [0.1, 0.15) is 17.0 Å². The van der Waals surface area contributed by atoms with E-state index in [4.69, 9.17) is 15.0 Å². The van der Waals surface area contributed by atoms with E-state index >= 15 is 0 Å². The number of benzene rings is 2. The molecule has 0 spiro atoms. The van der Waals surface area contributed by atoms with Gasteiger partial charge in [0.25, 0.3) is 0 Å². The zero-order valence-corrected chi connectivity index (χ0v) is 15.4. The monoisotopic (exact) mass is 364 g/mol. The summed E-state index contributed by atoms with van der Waals surface area (Å²) >= 11 is 0. The summed E-state index contributed by atoms with van der Waals surface area (Å²) in [6.07, 6.45) is 0. The van der Waals surface area contributed by atoms with E-state index < -0.39 is 0 Å². The number of nitrogen functional groups attached to an aromatic ring is 1. The zero-order chi connectivity index (χ0) is 19.1. The van der Waals surface area contributed by atoms with Crippen molar-refractivity contribution < 1.29 is 9.26 Å². The van der Waals surface area contributed by atoms with Gasteiger partial charge in [-0.2, -0.15) is 0 Å². The lowest BCUT2D eigenvalue weighted by molar-refractivity contribution is 0.393. The maximum atomic E-state index is 12.5. The molecular weight excluding hydrogens is 344 g/mol. The van der Waals surface area contributed by atoms with Crippen LogP contribution in [-0.2, 0) is 6.54 Å². The number of aromatic nitrogens is 3. The molecule has 0 aliphatic carbocycles. The van der Waals surface area contributed by atoms with Crippen LogP contribution in [0.2, 0.25) is 0 Å². The van der Waals surface area contributed by atoms with Gasteiger partial charge in [0.15, 0.2) is 0 Å². The van der Waals surface area contributed by atoms with E-state index in [1.165, 1.54) is 0 Å². The normalized spacial score (nSPS) is 11.2. The van der Waals surface area contributed by atoms with Gasteiger partial charge in [-0.25, -0.2) is 4.79 Å². The molecule has 0 fully saturated rings. The summed E-state index contributed by atoms with van der Waals surface area (Å²) in [6, 6.07) is 11.4. The average molecular weight is 364 g/mol. The number of methoxy groups -OCH3 is 1. The molecule has 0 saturated heterocycles. The minimum atomic E-state index is -0.205. The number of H-pyrrole nitrogens is 1. The quantitative estimate of drug-likeness (QED) is 0.542. The van der Waals surface area contributed by atoms with E-state index in [0.717, 1.165) is 33.7 Å². The van der Waals surface area contributed by atoms with E-state index in [2.05, 4.69) is 10.1 Å². The third kappa shape index (κ3) is 2.87. The first-order valence-electron chi connectivity index (χ1n) is 8.56. The molecule has 0 unspecified atom stereocenters. The van der Waals surface area contributed by atoms with E-state index in [9.17, 15) is 4.79 Å². The Bertz CT molecular complexity index is 1160. The molecule has 7 heteroatoms. The Hall–Kier alpha value is -3.48. The minimum absolute atomic E-state index is 0.205. The predicted octanol–water partition coefficient (Wildman–Crippen LogP) is 3.24. The number of aromatic amines is 1. The van der Waals surface area contributed by atoms with Crippen molar-refractivity contribution >= 4 is 16.7 Å². The summed E-state index contributed by atoms with van der Waals surface area (Å²) in [5.74, 6) is 1.49. The number of nitrogens with two attached hydrogens (primary N) is 1. The largest absolute Gasteiger partial charge is 0.497 e. The first-order chi connectivity index (χ1) is 13.0. The van der Waals surface area contributed by atoms with Gasteiger partial charge in [0.05, 0.1) is 36.1 Å². The summed E-state index contributed by atoms with van der Waals surface area (Å²) in [7, 11) is 1.62. The molecule has 0 aliphatic rings. The second-order valence-corrected chi connectivity index (χ2v) is 6.52. The molecule has 0 bridgehead atoms. The Labute approximate surface area is 155 Å². The SMILES string of the molecule is COc1ccc(Cn2c(=O)[nH]c3c(N)cc(-c4c(C)noc4C)cc32)cc1. The maximum absolute atomic E-state index is 12.5.